The Kier molecular flexibility index (Phi) is 4.56. The molecular formula is C17H21N3O2. The van der Waals surface area contributed by atoms with Crippen LogP contribution in [0, 0.1) is 0 Å². The van der Waals surface area contributed by atoms with Crippen LogP contribution in [0.5, 0.6) is 0 Å². The van der Waals surface area contributed by atoms with Gasteiger partial charge in [-0.2, -0.15) is 0 Å². The van der Waals surface area contributed by atoms with Crippen molar-refractivity contribution in [3.8, 4) is 0 Å². The molecule has 2 aromatic rings. The van der Waals surface area contributed by atoms with Gasteiger partial charge in [0.05, 0.1) is 13.2 Å². The summed E-state index contributed by atoms with van der Waals surface area (Å²) < 4.78 is 7.62. The first-order valence-corrected chi connectivity index (χ1v) is 7.59. The number of carbonyl (C=O) groups excluding carboxylic acids is 1. The van der Waals surface area contributed by atoms with Gasteiger partial charge >= 0.3 is 0 Å². The van der Waals surface area contributed by atoms with Crippen LogP contribution in [0.4, 0.5) is 5.69 Å². The van der Waals surface area contributed by atoms with Gasteiger partial charge in [-0.05, 0) is 30.3 Å². The monoisotopic (exact) mass is 299 g/mol. The fraction of sp³-hybridized carbons (Fsp3) is 0.353. The molecule has 0 spiro atoms. The van der Waals surface area contributed by atoms with Crippen LogP contribution >= 0.6 is 0 Å². The molecule has 5 nitrogen and oxygen atoms in total. The molecular weight excluding hydrogens is 278 g/mol. The highest BCUT2D eigenvalue weighted by molar-refractivity contribution is 6.00. The summed E-state index contributed by atoms with van der Waals surface area (Å²) >= 11 is 0. The zero-order chi connectivity index (χ0) is 15.4. The number of nitrogens with zero attached hydrogens (tertiary/aromatic N) is 2. The van der Waals surface area contributed by atoms with E-state index in [0.29, 0.717) is 0 Å². The van der Waals surface area contributed by atoms with Gasteiger partial charge in [0, 0.05) is 49.0 Å². The van der Waals surface area contributed by atoms with Gasteiger partial charge in [-0.1, -0.05) is 6.58 Å². The predicted molar refractivity (Wildman–Crippen MR) is 88.0 cm³/mol. The molecule has 116 valence electrons. The molecule has 1 N–H and O–H groups in total. The average molecular weight is 299 g/mol. The van der Waals surface area contributed by atoms with Crippen molar-refractivity contribution in [2.75, 3.05) is 38.2 Å². The minimum atomic E-state index is -0.189. The van der Waals surface area contributed by atoms with Gasteiger partial charge in [0.15, 0.2) is 0 Å². The van der Waals surface area contributed by atoms with Crippen molar-refractivity contribution < 1.29 is 9.53 Å². The SMILES string of the molecule is C=CC(=O)Nc1ccc2c(ccn2CCN2CCOCC2)c1. The Bertz CT molecular complexity index is 672. The van der Waals surface area contributed by atoms with Crippen LogP contribution in [0.3, 0.4) is 0 Å². The van der Waals surface area contributed by atoms with E-state index in [-0.39, 0.29) is 5.91 Å². The van der Waals surface area contributed by atoms with Crippen molar-refractivity contribution in [1.82, 2.24) is 9.47 Å². The van der Waals surface area contributed by atoms with Gasteiger partial charge in [0.25, 0.3) is 0 Å². The first kappa shape index (κ1) is 14.8. The Hall–Kier alpha value is -2.11. The van der Waals surface area contributed by atoms with E-state index in [1.165, 1.54) is 11.6 Å². The van der Waals surface area contributed by atoms with Crippen LogP contribution in [0.25, 0.3) is 10.9 Å². The highest BCUT2D eigenvalue weighted by atomic mass is 16.5. The molecule has 1 aromatic heterocycles. The normalized spacial score (nSPS) is 15.8. The van der Waals surface area contributed by atoms with Crippen molar-refractivity contribution in [2.45, 2.75) is 6.54 Å². The van der Waals surface area contributed by atoms with Crippen LogP contribution in [-0.4, -0.2) is 48.2 Å². The lowest BCUT2D eigenvalue weighted by Crippen LogP contribution is -2.38. The minimum absolute atomic E-state index is 0.189. The number of hydrogen-bond donors (Lipinski definition) is 1. The number of amides is 1. The molecule has 1 fully saturated rings. The van der Waals surface area contributed by atoms with Crippen LogP contribution in [0.2, 0.25) is 0 Å². The van der Waals surface area contributed by atoms with E-state index in [0.717, 1.165) is 50.5 Å². The van der Waals surface area contributed by atoms with E-state index in [9.17, 15) is 4.79 Å². The molecule has 1 aliphatic rings. The van der Waals surface area contributed by atoms with Gasteiger partial charge in [0.1, 0.15) is 0 Å². The van der Waals surface area contributed by atoms with Crippen molar-refractivity contribution in [3.05, 3.63) is 43.1 Å². The van der Waals surface area contributed by atoms with Crippen molar-refractivity contribution >= 4 is 22.5 Å². The van der Waals surface area contributed by atoms with E-state index in [1.807, 2.05) is 18.2 Å². The van der Waals surface area contributed by atoms with Crippen molar-refractivity contribution in [3.63, 3.8) is 0 Å². The first-order valence-electron chi connectivity index (χ1n) is 7.59. The van der Waals surface area contributed by atoms with Gasteiger partial charge in [-0.3, -0.25) is 9.69 Å². The van der Waals surface area contributed by atoms with Crippen LogP contribution in [-0.2, 0) is 16.1 Å². The molecule has 2 heterocycles. The topological polar surface area (TPSA) is 46.5 Å². The largest absolute Gasteiger partial charge is 0.379 e. The number of rotatable bonds is 5. The number of anilines is 1. The third-order valence-electron chi connectivity index (χ3n) is 3.98. The Morgan fingerprint density at radius 3 is 2.86 bits per heavy atom. The lowest BCUT2D eigenvalue weighted by molar-refractivity contribution is -0.111. The van der Waals surface area contributed by atoms with Crippen LogP contribution in [0.15, 0.2) is 43.1 Å². The van der Waals surface area contributed by atoms with Gasteiger partial charge in [-0.15, -0.1) is 0 Å². The summed E-state index contributed by atoms with van der Waals surface area (Å²) in [5, 5.41) is 3.92. The zero-order valence-corrected chi connectivity index (χ0v) is 12.6. The predicted octanol–water partition coefficient (Wildman–Crippen LogP) is 2.10. The standard InChI is InChI=1S/C17H21N3O2/c1-2-17(21)18-15-3-4-16-14(13-15)5-6-20(16)8-7-19-9-11-22-12-10-19/h2-6,13H,1,7-12H2,(H,18,21). The molecule has 5 heteroatoms. The molecule has 1 amide bonds. The molecule has 0 bridgehead atoms. The number of fused-ring (bicyclic) bond motifs is 1. The Balaban J connectivity index is 1.69. The van der Waals surface area contributed by atoms with E-state index >= 15 is 0 Å². The minimum Gasteiger partial charge on any atom is -0.379 e. The number of morpholine rings is 1. The summed E-state index contributed by atoms with van der Waals surface area (Å²) in [6.07, 6.45) is 3.38. The Morgan fingerprint density at radius 2 is 2.09 bits per heavy atom. The van der Waals surface area contributed by atoms with E-state index in [1.54, 1.807) is 0 Å². The summed E-state index contributed by atoms with van der Waals surface area (Å²) in [6, 6.07) is 8.04. The molecule has 0 atom stereocenters. The summed E-state index contributed by atoms with van der Waals surface area (Å²) in [5.41, 5.74) is 1.98. The smallest absolute Gasteiger partial charge is 0.247 e. The quantitative estimate of drug-likeness (QED) is 0.860. The summed E-state index contributed by atoms with van der Waals surface area (Å²) in [6.45, 7) is 9.14. The molecule has 1 aliphatic heterocycles. The van der Waals surface area contributed by atoms with Crippen LogP contribution in [0.1, 0.15) is 0 Å². The zero-order valence-electron chi connectivity index (χ0n) is 12.6. The lowest BCUT2D eigenvalue weighted by atomic mass is 10.2. The highest BCUT2D eigenvalue weighted by Crippen LogP contribution is 2.20. The maximum Gasteiger partial charge on any atom is 0.247 e. The van der Waals surface area contributed by atoms with Crippen molar-refractivity contribution in [2.24, 2.45) is 0 Å². The molecule has 0 unspecified atom stereocenters. The van der Waals surface area contributed by atoms with E-state index < -0.39 is 0 Å². The Labute approximate surface area is 130 Å². The van der Waals surface area contributed by atoms with Gasteiger partial charge in [-0.25, -0.2) is 0 Å². The third-order valence-corrected chi connectivity index (χ3v) is 3.98. The molecule has 1 aromatic carbocycles. The number of nitrogens with one attached hydrogen (secondary N) is 1. The first-order chi connectivity index (χ1) is 10.8. The second-order valence-corrected chi connectivity index (χ2v) is 5.43. The maximum atomic E-state index is 11.3. The van der Waals surface area contributed by atoms with Crippen LogP contribution < -0.4 is 5.32 Å². The molecule has 0 saturated carbocycles. The highest BCUT2D eigenvalue weighted by Gasteiger charge is 2.10. The average Bonchev–Trinajstić information content (AvgIpc) is 2.96. The molecule has 1 saturated heterocycles. The maximum absolute atomic E-state index is 11.3. The molecule has 0 radical (unpaired) electrons. The lowest BCUT2D eigenvalue weighted by Gasteiger charge is -2.26. The number of hydrogen-bond acceptors (Lipinski definition) is 3. The molecule has 3 rings (SSSR count). The fourth-order valence-electron chi connectivity index (χ4n) is 2.74. The summed E-state index contributed by atoms with van der Waals surface area (Å²) in [7, 11) is 0. The molecule has 0 aliphatic carbocycles. The number of benzene rings is 1. The number of carbonyl (C=O) groups is 1. The Morgan fingerprint density at radius 1 is 1.27 bits per heavy atom. The number of ether oxygens (including phenoxy) is 1. The molecule has 22 heavy (non-hydrogen) atoms. The van der Waals surface area contributed by atoms with Gasteiger partial charge < -0.3 is 14.6 Å². The second-order valence-electron chi connectivity index (χ2n) is 5.43. The number of aromatic nitrogens is 1. The summed E-state index contributed by atoms with van der Waals surface area (Å²) in [4.78, 5) is 13.8. The van der Waals surface area contributed by atoms with E-state index in [4.69, 9.17) is 4.74 Å². The second kappa shape index (κ2) is 6.77. The van der Waals surface area contributed by atoms with Gasteiger partial charge in [0.2, 0.25) is 5.91 Å². The fourth-order valence-corrected chi connectivity index (χ4v) is 2.74. The van der Waals surface area contributed by atoms with E-state index in [2.05, 4.69) is 33.6 Å². The third kappa shape index (κ3) is 3.37. The summed E-state index contributed by atoms with van der Waals surface area (Å²) in [5.74, 6) is -0.189. The van der Waals surface area contributed by atoms with Crippen molar-refractivity contribution in [1.29, 1.82) is 0 Å².